The van der Waals surface area contributed by atoms with Crippen LogP contribution in [0.1, 0.15) is 24.4 Å². The first-order valence-electron chi connectivity index (χ1n) is 9.39. The minimum Gasteiger partial charge on any atom is -0.316 e. The van der Waals surface area contributed by atoms with Crippen LogP contribution in [0.15, 0.2) is 66.7 Å². The van der Waals surface area contributed by atoms with Gasteiger partial charge in [0.05, 0.1) is 11.6 Å². The molecule has 0 spiro atoms. The van der Waals surface area contributed by atoms with Crippen molar-refractivity contribution in [1.29, 1.82) is 0 Å². The van der Waals surface area contributed by atoms with Gasteiger partial charge in [-0.3, -0.25) is 0 Å². The summed E-state index contributed by atoms with van der Waals surface area (Å²) >= 11 is 0. The van der Waals surface area contributed by atoms with Crippen molar-refractivity contribution in [3.8, 4) is 0 Å². The highest BCUT2D eigenvalue weighted by Crippen LogP contribution is 2.34. The molecule has 2 heterocycles. The molecule has 26 heavy (non-hydrogen) atoms. The smallest absolute Gasteiger partial charge is 0.113 e. The lowest BCUT2D eigenvalue weighted by molar-refractivity contribution is 0.283. The number of hydrogen-bond acceptors (Lipinski definition) is 3. The molecule has 0 bridgehead atoms. The van der Waals surface area contributed by atoms with Crippen molar-refractivity contribution in [3.63, 3.8) is 0 Å². The van der Waals surface area contributed by atoms with E-state index in [0.717, 1.165) is 24.1 Å². The minimum absolute atomic E-state index is 0.194. The van der Waals surface area contributed by atoms with E-state index in [1.54, 1.807) is 0 Å². The van der Waals surface area contributed by atoms with Gasteiger partial charge in [0.1, 0.15) is 5.52 Å². The standard InChI is InChI=1S/C22H22N4/c1-2-7-17-14-18(12-11-16(17)6-1)22(19-8-5-13-23-15-19)26-21-10-4-3-9-20(21)24-25-26/h1-4,6-7,9-12,14,19,22-23H,5,8,13,15H2/t19-,22+/m0/s1. The van der Waals surface area contributed by atoms with Gasteiger partial charge in [-0.2, -0.15) is 0 Å². The lowest BCUT2D eigenvalue weighted by Gasteiger charge is -2.31. The van der Waals surface area contributed by atoms with Gasteiger partial charge in [-0.1, -0.05) is 53.7 Å². The van der Waals surface area contributed by atoms with Crippen LogP contribution in [-0.4, -0.2) is 28.1 Å². The summed E-state index contributed by atoms with van der Waals surface area (Å²) in [5.74, 6) is 0.509. The fraction of sp³-hybridized carbons (Fsp3) is 0.273. The molecule has 4 nitrogen and oxygen atoms in total. The topological polar surface area (TPSA) is 42.7 Å². The average molecular weight is 342 g/mol. The van der Waals surface area contributed by atoms with E-state index < -0.39 is 0 Å². The monoisotopic (exact) mass is 342 g/mol. The zero-order valence-corrected chi connectivity index (χ0v) is 14.7. The Morgan fingerprint density at radius 1 is 0.962 bits per heavy atom. The lowest BCUT2D eigenvalue weighted by atomic mass is 9.86. The normalized spacial score (nSPS) is 19.0. The zero-order chi connectivity index (χ0) is 17.3. The van der Waals surface area contributed by atoms with Crippen LogP contribution in [-0.2, 0) is 0 Å². The van der Waals surface area contributed by atoms with Gasteiger partial charge in [-0.25, -0.2) is 4.68 Å². The summed E-state index contributed by atoms with van der Waals surface area (Å²) in [4.78, 5) is 0. The van der Waals surface area contributed by atoms with Crippen LogP contribution >= 0.6 is 0 Å². The second-order valence-electron chi connectivity index (χ2n) is 7.18. The number of aromatic nitrogens is 3. The summed E-state index contributed by atoms with van der Waals surface area (Å²) in [6.07, 6.45) is 2.42. The molecular weight excluding hydrogens is 320 g/mol. The number of piperidine rings is 1. The predicted octanol–water partition coefficient (Wildman–Crippen LogP) is 4.17. The highest BCUT2D eigenvalue weighted by molar-refractivity contribution is 5.83. The van der Waals surface area contributed by atoms with Crippen LogP contribution in [0, 0.1) is 5.92 Å². The van der Waals surface area contributed by atoms with Gasteiger partial charge >= 0.3 is 0 Å². The first-order valence-corrected chi connectivity index (χ1v) is 9.39. The summed E-state index contributed by atoms with van der Waals surface area (Å²) in [5.41, 5.74) is 3.38. The number of rotatable bonds is 3. The molecule has 5 rings (SSSR count). The number of benzene rings is 3. The van der Waals surface area contributed by atoms with Crippen molar-refractivity contribution in [2.75, 3.05) is 13.1 Å². The molecule has 1 N–H and O–H groups in total. The third kappa shape index (κ3) is 2.67. The zero-order valence-electron chi connectivity index (χ0n) is 14.7. The van der Waals surface area contributed by atoms with Crippen molar-refractivity contribution >= 4 is 21.8 Å². The van der Waals surface area contributed by atoms with Crippen molar-refractivity contribution < 1.29 is 0 Å². The van der Waals surface area contributed by atoms with Crippen molar-refractivity contribution in [2.45, 2.75) is 18.9 Å². The molecule has 1 aromatic heterocycles. The molecule has 1 fully saturated rings. The molecule has 1 aliphatic rings. The van der Waals surface area contributed by atoms with Gasteiger partial charge < -0.3 is 5.32 Å². The van der Waals surface area contributed by atoms with Gasteiger partial charge in [0.15, 0.2) is 0 Å². The van der Waals surface area contributed by atoms with Crippen molar-refractivity contribution in [2.24, 2.45) is 5.92 Å². The second kappa shape index (κ2) is 6.54. The summed E-state index contributed by atoms with van der Waals surface area (Å²) in [7, 11) is 0. The maximum atomic E-state index is 4.57. The third-order valence-corrected chi connectivity index (χ3v) is 5.54. The molecule has 0 radical (unpaired) electrons. The molecule has 3 aromatic carbocycles. The quantitative estimate of drug-likeness (QED) is 0.607. The van der Waals surface area contributed by atoms with Crippen LogP contribution in [0.3, 0.4) is 0 Å². The molecule has 0 unspecified atom stereocenters. The van der Waals surface area contributed by atoms with Crippen LogP contribution in [0.4, 0.5) is 0 Å². The Kier molecular flexibility index (Phi) is 3.91. The Balaban J connectivity index is 1.67. The number of hydrogen-bond donors (Lipinski definition) is 1. The van der Waals surface area contributed by atoms with Crippen molar-refractivity contribution in [3.05, 3.63) is 72.3 Å². The number of nitrogens with zero attached hydrogens (tertiary/aromatic N) is 3. The fourth-order valence-corrected chi connectivity index (χ4v) is 4.25. The molecule has 4 heteroatoms. The van der Waals surface area contributed by atoms with Crippen LogP contribution in [0.25, 0.3) is 21.8 Å². The van der Waals surface area contributed by atoms with E-state index >= 15 is 0 Å². The van der Waals surface area contributed by atoms with Crippen LogP contribution in [0.5, 0.6) is 0 Å². The van der Waals surface area contributed by atoms with E-state index in [4.69, 9.17) is 0 Å². The third-order valence-electron chi connectivity index (χ3n) is 5.54. The Bertz CT molecular complexity index is 1050. The van der Waals surface area contributed by atoms with E-state index in [1.807, 2.05) is 12.1 Å². The van der Waals surface area contributed by atoms with Gasteiger partial charge in [0.2, 0.25) is 0 Å². The number of nitrogens with one attached hydrogen (secondary N) is 1. The van der Waals surface area contributed by atoms with Gasteiger partial charge in [0.25, 0.3) is 0 Å². The average Bonchev–Trinajstić information content (AvgIpc) is 3.13. The summed E-state index contributed by atoms with van der Waals surface area (Å²) < 4.78 is 2.14. The summed E-state index contributed by atoms with van der Waals surface area (Å²) in [6.45, 7) is 2.13. The Morgan fingerprint density at radius 3 is 2.69 bits per heavy atom. The van der Waals surface area contributed by atoms with Gasteiger partial charge in [0, 0.05) is 6.54 Å². The van der Waals surface area contributed by atoms with E-state index in [-0.39, 0.29) is 6.04 Å². The largest absolute Gasteiger partial charge is 0.316 e. The van der Waals surface area contributed by atoms with Crippen LogP contribution in [0.2, 0.25) is 0 Å². The fourth-order valence-electron chi connectivity index (χ4n) is 4.25. The lowest BCUT2D eigenvalue weighted by Crippen LogP contribution is -2.36. The molecular formula is C22H22N4. The van der Waals surface area contributed by atoms with E-state index in [0.29, 0.717) is 5.92 Å². The Labute approximate surface area is 152 Å². The number of fused-ring (bicyclic) bond motifs is 2. The maximum Gasteiger partial charge on any atom is 0.113 e. The highest BCUT2D eigenvalue weighted by atomic mass is 15.4. The molecule has 1 aliphatic heterocycles. The van der Waals surface area contributed by atoms with E-state index in [1.165, 1.54) is 29.2 Å². The Hall–Kier alpha value is -2.72. The molecule has 2 atom stereocenters. The number of para-hydroxylation sites is 1. The Morgan fingerprint density at radius 2 is 1.81 bits per heavy atom. The van der Waals surface area contributed by atoms with Crippen molar-refractivity contribution in [1.82, 2.24) is 20.3 Å². The van der Waals surface area contributed by atoms with Gasteiger partial charge in [-0.15, -0.1) is 5.10 Å². The molecule has 4 aromatic rings. The SMILES string of the molecule is c1ccc2cc([C@H]([C@H]3CCCNC3)n3nnc4ccccc43)ccc2c1. The first-order chi connectivity index (χ1) is 12.9. The van der Waals surface area contributed by atoms with Crippen LogP contribution < -0.4 is 5.32 Å². The molecule has 1 saturated heterocycles. The maximum absolute atomic E-state index is 4.57. The first kappa shape index (κ1) is 15.5. The molecule has 130 valence electrons. The van der Waals surface area contributed by atoms with E-state index in [2.05, 4.69) is 74.9 Å². The minimum atomic E-state index is 0.194. The predicted molar refractivity (Wildman–Crippen MR) is 105 cm³/mol. The molecule has 0 saturated carbocycles. The van der Waals surface area contributed by atoms with Gasteiger partial charge in [-0.05, 0) is 59.8 Å². The van der Waals surface area contributed by atoms with E-state index in [9.17, 15) is 0 Å². The highest BCUT2D eigenvalue weighted by Gasteiger charge is 2.28. The summed E-state index contributed by atoms with van der Waals surface area (Å²) in [5, 5.41) is 15.1. The molecule has 0 aliphatic carbocycles. The summed E-state index contributed by atoms with van der Waals surface area (Å²) in [6, 6.07) is 23.8. The second-order valence-corrected chi connectivity index (χ2v) is 7.18. The molecule has 0 amide bonds.